The summed E-state index contributed by atoms with van der Waals surface area (Å²) in [6, 6.07) is 2.29. The zero-order valence-electron chi connectivity index (χ0n) is 8.42. The Morgan fingerprint density at radius 2 is 2.06 bits per heavy atom. The Kier molecular flexibility index (Phi) is 3.87. The number of hydrogen-bond acceptors (Lipinski definition) is 2. The maximum atomic E-state index is 12.2. The van der Waals surface area contributed by atoms with Crippen LogP contribution in [0.2, 0.25) is 0 Å². The molecule has 0 saturated heterocycles. The summed E-state index contributed by atoms with van der Waals surface area (Å²) in [7, 11) is 0. The molecular weight excluding hydrogens is 221 g/mol. The molecule has 1 amide bonds. The molecule has 0 radical (unpaired) electrons. The molecule has 0 aliphatic heterocycles. The first kappa shape index (κ1) is 12.5. The van der Waals surface area contributed by atoms with E-state index in [2.05, 4.69) is 4.98 Å². The van der Waals surface area contributed by atoms with Gasteiger partial charge in [-0.15, -0.1) is 0 Å². The van der Waals surface area contributed by atoms with Crippen molar-refractivity contribution in [1.82, 2.24) is 4.98 Å². The second kappa shape index (κ2) is 4.96. The molecule has 6 heteroatoms. The van der Waals surface area contributed by atoms with Crippen LogP contribution < -0.4 is 5.73 Å². The van der Waals surface area contributed by atoms with E-state index in [4.69, 9.17) is 5.73 Å². The van der Waals surface area contributed by atoms with Gasteiger partial charge in [0.25, 0.3) is 0 Å². The monoisotopic (exact) mass is 232 g/mol. The molecule has 3 nitrogen and oxygen atoms in total. The zero-order valence-corrected chi connectivity index (χ0v) is 8.42. The molecule has 0 atom stereocenters. The van der Waals surface area contributed by atoms with Crippen molar-refractivity contribution in [2.45, 2.75) is 25.4 Å². The molecular formula is C10H11F3N2O. The lowest BCUT2D eigenvalue weighted by Gasteiger charge is -2.06. The van der Waals surface area contributed by atoms with E-state index < -0.39 is 17.8 Å². The fraction of sp³-hybridized carbons (Fsp3) is 0.400. The number of carbonyl (C=O) groups is 1. The number of nitrogens with two attached hydrogens (primary N) is 1. The average molecular weight is 232 g/mol. The molecule has 1 aromatic heterocycles. The molecule has 0 fully saturated rings. The highest BCUT2D eigenvalue weighted by Gasteiger charge is 2.31. The lowest BCUT2D eigenvalue weighted by atomic mass is 10.1. The molecule has 0 aliphatic carbocycles. The number of aromatic nitrogens is 1. The predicted octanol–water partition coefficient (Wildman–Crippen LogP) is 1.91. The van der Waals surface area contributed by atoms with Gasteiger partial charge in [0, 0.05) is 12.6 Å². The Morgan fingerprint density at radius 3 is 2.50 bits per heavy atom. The van der Waals surface area contributed by atoms with Crippen molar-refractivity contribution in [3.8, 4) is 0 Å². The lowest BCUT2D eigenvalue weighted by molar-refractivity contribution is -0.141. The molecule has 1 rings (SSSR count). The van der Waals surface area contributed by atoms with E-state index >= 15 is 0 Å². The van der Waals surface area contributed by atoms with Crippen molar-refractivity contribution in [3.05, 3.63) is 29.6 Å². The van der Waals surface area contributed by atoms with E-state index in [0.29, 0.717) is 18.4 Å². The second-order valence-electron chi connectivity index (χ2n) is 3.37. The van der Waals surface area contributed by atoms with Gasteiger partial charge in [-0.25, -0.2) is 0 Å². The number of alkyl halides is 3. The highest BCUT2D eigenvalue weighted by molar-refractivity contribution is 5.73. The number of halogens is 3. The number of rotatable bonds is 4. The molecule has 1 heterocycles. The van der Waals surface area contributed by atoms with Gasteiger partial charge in [-0.05, 0) is 24.5 Å². The van der Waals surface area contributed by atoms with Crippen LogP contribution in [0.15, 0.2) is 18.3 Å². The number of pyridine rings is 1. The van der Waals surface area contributed by atoms with E-state index in [9.17, 15) is 18.0 Å². The number of carbonyl (C=O) groups excluding carboxylic acids is 1. The summed E-state index contributed by atoms with van der Waals surface area (Å²) in [4.78, 5) is 13.7. The number of nitrogens with zero attached hydrogens (tertiary/aromatic N) is 1. The fourth-order valence-electron chi connectivity index (χ4n) is 1.21. The Labute approximate surface area is 90.5 Å². The molecule has 0 aliphatic rings. The van der Waals surface area contributed by atoms with Gasteiger partial charge in [-0.1, -0.05) is 6.07 Å². The minimum atomic E-state index is -4.41. The van der Waals surface area contributed by atoms with Crippen molar-refractivity contribution in [2.75, 3.05) is 0 Å². The molecule has 0 bridgehead atoms. The van der Waals surface area contributed by atoms with Crippen LogP contribution in [0.3, 0.4) is 0 Å². The molecule has 88 valence electrons. The van der Waals surface area contributed by atoms with Crippen molar-refractivity contribution < 1.29 is 18.0 Å². The number of primary amides is 1. The summed E-state index contributed by atoms with van der Waals surface area (Å²) in [5.41, 5.74) is 4.68. The summed E-state index contributed by atoms with van der Waals surface area (Å²) in [6.07, 6.45) is -2.01. The Morgan fingerprint density at radius 1 is 1.38 bits per heavy atom. The first-order valence-corrected chi connectivity index (χ1v) is 4.70. The molecule has 0 aromatic carbocycles. The molecule has 1 aromatic rings. The Bertz CT molecular complexity index is 359. The Balaban J connectivity index is 2.55. The lowest BCUT2D eigenvalue weighted by Crippen LogP contribution is -2.10. The van der Waals surface area contributed by atoms with Gasteiger partial charge in [0.15, 0.2) is 0 Å². The molecule has 2 N–H and O–H groups in total. The maximum Gasteiger partial charge on any atom is 0.433 e. The number of hydrogen-bond donors (Lipinski definition) is 1. The standard InChI is InChI=1S/C10H11F3N2O/c11-10(12,13)8-5-4-7(6-15-8)2-1-3-9(14)16/h4-6H,1-3H2,(H2,14,16). The van der Waals surface area contributed by atoms with Crippen LogP contribution in [0.5, 0.6) is 0 Å². The third kappa shape index (κ3) is 3.88. The van der Waals surface area contributed by atoms with Crippen LogP contribution in [-0.2, 0) is 17.4 Å². The molecule has 0 unspecified atom stereocenters. The number of amides is 1. The van der Waals surface area contributed by atoms with Crippen molar-refractivity contribution in [2.24, 2.45) is 5.73 Å². The van der Waals surface area contributed by atoms with Gasteiger partial charge in [0.05, 0.1) is 0 Å². The van der Waals surface area contributed by atoms with Crippen LogP contribution >= 0.6 is 0 Å². The van der Waals surface area contributed by atoms with E-state index in [1.165, 1.54) is 12.3 Å². The van der Waals surface area contributed by atoms with Gasteiger partial charge in [0.1, 0.15) is 5.69 Å². The predicted molar refractivity (Wildman–Crippen MR) is 51.4 cm³/mol. The third-order valence-electron chi connectivity index (χ3n) is 2.00. The van der Waals surface area contributed by atoms with E-state index in [1.807, 2.05) is 0 Å². The van der Waals surface area contributed by atoms with Gasteiger partial charge in [-0.2, -0.15) is 13.2 Å². The van der Waals surface area contributed by atoms with Crippen LogP contribution in [0.1, 0.15) is 24.1 Å². The van der Waals surface area contributed by atoms with E-state index in [1.54, 1.807) is 0 Å². The second-order valence-corrected chi connectivity index (χ2v) is 3.37. The van der Waals surface area contributed by atoms with Gasteiger partial charge in [-0.3, -0.25) is 9.78 Å². The smallest absolute Gasteiger partial charge is 0.370 e. The third-order valence-corrected chi connectivity index (χ3v) is 2.00. The van der Waals surface area contributed by atoms with Crippen LogP contribution in [0.25, 0.3) is 0 Å². The summed E-state index contributed by atoms with van der Waals surface area (Å²) in [5, 5.41) is 0. The first-order valence-electron chi connectivity index (χ1n) is 4.70. The van der Waals surface area contributed by atoms with Crippen LogP contribution in [0, 0.1) is 0 Å². The topological polar surface area (TPSA) is 56.0 Å². The summed E-state index contributed by atoms with van der Waals surface area (Å²) < 4.78 is 36.5. The quantitative estimate of drug-likeness (QED) is 0.862. The Hall–Kier alpha value is -1.59. The summed E-state index contributed by atoms with van der Waals surface area (Å²) >= 11 is 0. The number of aryl methyl sites for hydroxylation is 1. The molecule has 0 saturated carbocycles. The van der Waals surface area contributed by atoms with E-state index in [0.717, 1.165) is 6.07 Å². The molecule has 0 spiro atoms. The van der Waals surface area contributed by atoms with Gasteiger partial charge < -0.3 is 5.73 Å². The zero-order chi connectivity index (χ0) is 12.2. The maximum absolute atomic E-state index is 12.2. The fourth-order valence-corrected chi connectivity index (χ4v) is 1.21. The SMILES string of the molecule is NC(=O)CCCc1ccc(C(F)(F)F)nc1. The highest BCUT2D eigenvalue weighted by Crippen LogP contribution is 2.27. The van der Waals surface area contributed by atoms with Gasteiger partial charge in [0.2, 0.25) is 5.91 Å². The first-order chi connectivity index (χ1) is 7.39. The average Bonchev–Trinajstić information content (AvgIpc) is 2.16. The summed E-state index contributed by atoms with van der Waals surface area (Å²) in [5.74, 6) is -0.417. The van der Waals surface area contributed by atoms with E-state index in [-0.39, 0.29) is 6.42 Å². The van der Waals surface area contributed by atoms with Crippen molar-refractivity contribution >= 4 is 5.91 Å². The normalized spacial score (nSPS) is 11.4. The minimum Gasteiger partial charge on any atom is -0.370 e. The van der Waals surface area contributed by atoms with Gasteiger partial charge >= 0.3 is 6.18 Å². The highest BCUT2D eigenvalue weighted by atomic mass is 19.4. The van der Waals surface area contributed by atoms with Crippen LogP contribution in [-0.4, -0.2) is 10.9 Å². The van der Waals surface area contributed by atoms with Crippen molar-refractivity contribution in [1.29, 1.82) is 0 Å². The largest absolute Gasteiger partial charge is 0.433 e. The summed E-state index contributed by atoms with van der Waals surface area (Å²) in [6.45, 7) is 0. The van der Waals surface area contributed by atoms with Crippen LogP contribution in [0.4, 0.5) is 13.2 Å². The molecule has 16 heavy (non-hydrogen) atoms. The van der Waals surface area contributed by atoms with Crippen molar-refractivity contribution in [3.63, 3.8) is 0 Å². The minimum absolute atomic E-state index is 0.223.